The highest BCUT2D eigenvalue weighted by atomic mass is 19.4. The van der Waals surface area contributed by atoms with Gasteiger partial charge in [0.25, 0.3) is 0 Å². The summed E-state index contributed by atoms with van der Waals surface area (Å²) in [6.07, 6.45) is 4.85. The molecule has 6 rings (SSSR count). The van der Waals surface area contributed by atoms with Crippen molar-refractivity contribution < 1.29 is 18.0 Å². The van der Waals surface area contributed by atoms with Gasteiger partial charge in [-0.25, -0.2) is 9.97 Å². The maximum absolute atomic E-state index is 13.4. The number of hydrogen-bond acceptors (Lipinski definition) is 9. The van der Waals surface area contributed by atoms with Crippen LogP contribution >= 0.6 is 0 Å². The average molecular weight is 654 g/mol. The number of hydrogen-bond donors (Lipinski definition) is 2. The van der Waals surface area contributed by atoms with Crippen molar-refractivity contribution in [1.29, 1.82) is 5.26 Å². The van der Waals surface area contributed by atoms with Crippen LogP contribution in [0.2, 0.25) is 0 Å². The van der Waals surface area contributed by atoms with Gasteiger partial charge in [0.15, 0.2) is 0 Å². The first kappa shape index (κ1) is 33.4. The monoisotopic (exact) mass is 653 g/mol. The number of benzene rings is 1. The highest BCUT2D eigenvalue weighted by Gasteiger charge is 2.35. The third kappa shape index (κ3) is 8.72. The fourth-order valence-corrected chi connectivity index (χ4v) is 7.54. The summed E-state index contributed by atoms with van der Waals surface area (Å²) in [5, 5.41) is 15.4. The van der Waals surface area contributed by atoms with Gasteiger partial charge in [0.1, 0.15) is 0 Å². The summed E-state index contributed by atoms with van der Waals surface area (Å²) in [7, 11) is 0. The van der Waals surface area contributed by atoms with Crippen molar-refractivity contribution in [3.8, 4) is 6.07 Å². The van der Waals surface area contributed by atoms with Crippen molar-refractivity contribution in [3.63, 3.8) is 0 Å². The highest BCUT2D eigenvalue weighted by Crippen LogP contribution is 2.35. The van der Waals surface area contributed by atoms with Crippen molar-refractivity contribution in [2.24, 2.45) is 17.8 Å². The van der Waals surface area contributed by atoms with E-state index >= 15 is 0 Å². The van der Waals surface area contributed by atoms with E-state index in [9.17, 15) is 18.0 Å². The van der Waals surface area contributed by atoms with Crippen LogP contribution < -0.4 is 20.4 Å². The van der Waals surface area contributed by atoms with Gasteiger partial charge in [0.05, 0.1) is 35.3 Å². The number of nitriles is 1. The number of amides is 1. The molecule has 4 fully saturated rings. The molecule has 1 aromatic carbocycles. The maximum Gasteiger partial charge on any atom is 0.417 e. The number of carbonyl (C=O) groups is 1. The van der Waals surface area contributed by atoms with E-state index in [0.29, 0.717) is 37.5 Å². The molecule has 254 valence electrons. The Balaban J connectivity index is 0.905. The molecule has 1 aromatic heterocycles. The van der Waals surface area contributed by atoms with Gasteiger partial charge >= 0.3 is 6.18 Å². The summed E-state index contributed by atoms with van der Waals surface area (Å²) < 4.78 is 40.2. The number of piperazine rings is 1. The molecule has 2 aromatic rings. The summed E-state index contributed by atoms with van der Waals surface area (Å²) in [6.45, 7) is 12.3. The summed E-state index contributed by atoms with van der Waals surface area (Å²) in [5.41, 5.74) is 0.0318. The van der Waals surface area contributed by atoms with Gasteiger partial charge < -0.3 is 24.9 Å². The molecule has 0 spiro atoms. The summed E-state index contributed by atoms with van der Waals surface area (Å²) in [4.78, 5) is 31.3. The van der Waals surface area contributed by atoms with Crippen molar-refractivity contribution in [2.45, 2.75) is 44.7 Å². The molecule has 13 heteroatoms. The van der Waals surface area contributed by atoms with Crippen molar-refractivity contribution >= 4 is 23.2 Å². The Hall–Kier alpha value is -3.47. The molecule has 0 unspecified atom stereocenters. The van der Waals surface area contributed by atoms with Crippen LogP contribution in [0.5, 0.6) is 0 Å². The Bertz CT molecular complexity index is 1370. The van der Waals surface area contributed by atoms with Gasteiger partial charge in [0, 0.05) is 77.1 Å². The van der Waals surface area contributed by atoms with Gasteiger partial charge in [0.2, 0.25) is 11.9 Å². The van der Waals surface area contributed by atoms with Crippen LogP contribution in [0.15, 0.2) is 30.6 Å². The van der Waals surface area contributed by atoms with E-state index in [4.69, 9.17) is 5.26 Å². The molecule has 4 saturated heterocycles. The molecule has 10 nitrogen and oxygen atoms in total. The maximum atomic E-state index is 13.4. The minimum atomic E-state index is -4.60. The molecule has 0 radical (unpaired) electrons. The highest BCUT2D eigenvalue weighted by molar-refractivity contribution is 5.91. The fourth-order valence-electron chi connectivity index (χ4n) is 7.54. The lowest BCUT2D eigenvalue weighted by Gasteiger charge is -2.40. The van der Waals surface area contributed by atoms with Gasteiger partial charge in [-0.3, -0.25) is 10.1 Å². The lowest BCUT2D eigenvalue weighted by atomic mass is 9.95. The average Bonchev–Trinajstić information content (AvgIpc) is 3.10. The van der Waals surface area contributed by atoms with Crippen molar-refractivity contribution in [1.82, 2.24) is 25.1 Å². The smallest absolute Gasteiger partial charge is 0.371 e. The third-order valence-corrected chi connectivity index (χ3v) is 10.5. The quantitative estimate of drug-likeness (QED) is 0.437. The van der Waals surface area contributed by atoms with E-state index < -0.39 is 17.3 Å². The Morgan fingerprint density at radius 3 is 1.96 bits per heavy atom. The number of halogens is 3. The Morgan fingerprint density at radius 1 is 0.830 bits per heavy atom. The number of aromatic nitrogens is 2. The molecule has 4 aliphatic rings. The Labute approximate surface area is 275 Å². The van der Waals surface area contributed by atoms with E-state index in [1.54, 1.807) is 18.5 Å². The molecule has 0 atom stereocenters. The second-order valence-corrected chi connectivity index (χ2v) is 13.6. The molecular weight excluding hydrogens is 607 g/mol. The van der Waals surface area contributed by atoms with Crippen molar-refractivity contribution in [3.05, 3.63) is 41.7 Å². The van der Waals surface area contributed by atoms with Crippen LogP contribution in [0.4, 0.5) is 30.5 Å². The van der Waals surface area contributed by atoms with Crippen LogP contribution in [-0.2, 0) is 11.0 Å². The molecule has 1 amide bonds. The van der Waals surface area contributed by atoms with E-state index in [2.05, 4.69) is 35.3 Å². The molecule has 0 bridgehead atoms. The summed E-state index contributed by atoms with van der Waals surface area (Å²) in [6, 6.07) is 5.38. The SMILES string of the molecule is N#Cc1ccc(N2CCC(C(=O)Nc3ncc(N4CCC(CN5CCN(CC6CCNCC6)CC5)CC4)cn3)CC2)cc1C(F)(F)F. The number of nitrogens with one attached hydrogen (secondary N) is 2. The zero-order valence-corrected chi connectivity index (χ0v) is 27.0. The number of nitrogens with zero attached hydrogens (tertiary/aromatic N) is 7. The first-order valence-electron chi connectivity index (χ1n) is 17.1. The first-order valence-corrected chi connectivity index (χ1v) is 17.1. The second-order valence-electron chi connectivity index (χ2n) is 13.6. The number of rotatable bonds is 8. The zero-order valence-electron chi connectivity index (χ0n) is 27.0. The molecule has 0 aliphatic carbocycles. The van der Waals surface area contributed by atoms with Crippen LogP contribution in [0.1, 0.15) is 49.7 Å². The summed E-state index contributed by atoms with van der Waals surface area (Å²) >= 11 is 0. The zero-order chi connectivity index (χ0) is 32.8. The molecule has 5 heterocycles. The van der Waals surface area contributed by atoms with Crippen LogP contribution in [0.25, 0.3) is 0 Å². The van der Waals surface area contributed by atoms with Gasteiger partial charge in [-0.2, -0.15) is 18.4 Å². The largest absolute Gasteiger partial charge is 0.417 e. The number of piperidine rings is 3. The lowest BCUT2D eigenvalue weighted by Crippen LogP contribution is -2.50. The fraction of sp³-hybridized carbons (Fsp3) is 0.647. The predicted molar refractivity (Wildman–Crippen MR) is 175 cm³/mol. The second kappa shape index (κ2) is 15.2. The third-order valence-electron chi connectivity index (χ3n) is 10.5. The Kier molecular flexibility index (Phi) is 10.8. The van der Waals surface area contributed by atoms with Gasteiger partial charge in [-0.15, -0.1) is 0 Å². The van der Waals surface area contributed by atoms with Crippen LogP contribution in [0, 0.1) is 29.1 Å². The van der Waals surface area contributed by atoms with Gasteiger partial charge in [-0.1, -0.05) is 0 Å². The molecule has 4 aliphatic heterocycles. The minimum absolute atomic E-state index is 0.179. The molecule has 47 heavy (non-hydrogen) atoms. The molecular formula is C34H46F3N9O. The minimum Gasteiger partial charge on any atom is -0.371 e. The van der Waals surface area contributed by atoms with E-state index in [0.717, 1.165) is 43.6 Å². The lowest BCUT2D eigenvalue weighted by molar-refractivity contribution is -0.137. The number of alkyl halides is 3. The predicted octanol–water partition coefficient (Wildman–Crippen LogP) is 4.06. The van der Waals surface area contributed by atoms with Gasteiger partial charge in [-0.05, 0) is 81.6 Å². The van der Waals surface area contributed by atoms with Crippen LogP contribution in [-0.4, -0.2) is 104 Å². The van der Waals surface area contributed by atoms with E-state index in [1.807, 2.05) is 4.90 Å². The first-order chi connectivity index (χ1) is 22.7. The molecule has 2 N–H and O–H groups in total. The summed E-state index contributed by atoms with van der Waals surface area (Å²) in [5.74, 6) is 1.36. The topological polar surface area (TPSA) is 104 Å². The van der Waals surface area contributed by atoms with E-state index in [1.165, 1.54) is 77.3 Å². The van der Waals surface area contributed by atoms with Crippen LogP contribution in [0.3, 0.4) is 0 Å². The normalized spacial score (nSPS) is 21.5. The molecule has 0 saturated carbocycles. The number of carbonyl (C=O) groups excluding carboxylic acids is 1. The Morgan fingerprint density at radius 2 is 1.38 bits per heavy atom. The van der Waals surface area contributed by atoms with E-state index in [-0.39, 0.29) is 17.8 Å². The number of anilines is 3. The standard InChI is InChI=1S/C34H46F3N9O/c35-34(36,37)31-19-29(2-1-28(31)20-38)45-13-7-27(8-14-45)32(47)42-33-40-21-30(22-41-33)46-11-5-26(6-12-46)24-44-17-15-43(16-18-44)23-25-3-9-39-10-4-25/h1-2,19,21-22,25-27,39H,3-18,23-24H2,(H,40,41,42,47). The van der Waals surface area contributed by atoms with Crippen molar-refractivity contribution in [2.75, 3.05) is 93.7 Å².